The van der Waals surface area contributed by atoms with Crippen LogP contribution in [0.25, 0.3) is 0 Å². The van der Waals surface area contributed by atoms with Gasteiger partial charge in [0.1, 0.15) is 10.8 Å². The van der Waals surface area contributed by atoms with Gasteiger partial charge in [0.2, 0.25) is 5.01 Å². The molecular weight excluding hydrogens is 342 g/mol. The predicted molar refractivity (Wildman–Crippen MR) is 96.0 cm³/mol. The van der Waals surface area contributed by atoms with Crippen molar-refractivity contribution in [2.75, 3.05) is 12.4 Å². The van der Waals surface area contributed by atoms with Gasteiger partial charge in [-0.1, -0.05) is 18.3 Å². The molecule has 0 saturated carbocycles. The molecule has 0 saturated heterocycles. The van der Waals surface area contributed by atoms with Crippen molar-refractivity contribution >= 4 is 29.0 Å². The summed E-state index contributed by atoms with van der Waals surface area (Å²) in [6.45, 7) is 4.13. The highest BCUT2D eigenvalue weighted by molar-refractivity contribution is 7.13. The highest BCUT2D eigenvalue weighted by atomic mass is 32.1. The molecule has 3 amide bonds. The van der Waals surface area contributed by atoms with E-state index in [-0.39, 0.29) is 29.5 Å². The Morgan fingerprint density at radius 3 is 2.60 bits per heavy atom. The first-order valence-electron chi connectivity index (χ1n) is 7.84. The molecule has 134 valence electrons. The number of ether oxygens (including phenoxy) is 1. The summed E-state index contributed by atoms with van der Waals surface area (Å²) >= 11 is 1.13. The Bertz CT molecular complexity index is 717. The van der Waals surface area contributed by atoms with E-state index in [0.29, 0.717) is 16.4 Å². The standard InChI is InChI=1S/C16H21N5O3S/c1-4-10(2)18-16(23)17-9-13-20-21-15(25-13)14(22)19-11-5-7-12(24-3)8-6-11/h5-8,10H,4,9H2,1-3H3,(H,19,22)(H2,17,18,23)/t10-/m0/s1. The number of benzene rings is 1. The van der Waals surface area contributed by atoms with Crippen molar-refractivity contribution in [1.82, 2.24) is 20.8 Å². The van der Waals surface area contributed by atoms with Gasteiger partial charge in [-0.25, -0.2) is 4.79 Å². The fraction of sp³-hybridized carbons (Fsp3) is 0.375. The van der Waals surface area contributed by atoms with Gasteiger partial charge >= 0.3 is 6.03 Å². The number of nitrogens with zero attached hydrogens (tertiary/aromatic N) is 2. The van der Waals surface area contributed by atoms with Crippen LogP contribution >= 0.6 is 11.3 Å². The van der Waals surface area contributed by atoms with Crippen LogP contribution in [-0.2, 0) is 6.54 Å². The summed E-state index contributed by atoms with van der Waals surface area (Å²) < 4.78 is 5.07. The van der Waals surface area contributed by atoms with E-state index in [1.807, 2.05) is 13.8 Å². The van der Waals surface area contributed by atoms with Crippen LogP contribution in [0, 0.1) is 0 Å². The Labute approximate surface area is 150 Å². The lowest BCUT2D eigenvalue weighted by atomic mass is 10.3. The van der Waals surface area contributed by atoms with Gasteiger partial charge < -0.3 is 20.7 Å². The Kier molecular flexibility index (Phi) is 6.70. The fourth-order valence-corrected chi connectivity index (χ4v) is 2.48. The number of rotatable bonds is 7. The highest BCUT2D eigenvalue weighted by Crippen LogP contribution is 2.17. The summed E-state index contributed by atoms with van der Waals surface area (Å²) in [5.41, 5.74) is 0.633. The Morgan fingerprint density at radius 1 is 1.24 bits per heavy atom. The number of carbonyl (C=O) groups excluding carboxylic acids is 2. The molecule has 0 aliphatic carbocycles. The van der Waals surface area contributed by atoms with Crippen LogP contribution in [0.1, 0.15) is 35.1 Å². The largest absolute Gasteiger partial charge is 0.497 e. The molecule has 9 heteroatoms. The van der Waals surface area contributed by atoms with E-state index < -0.39 is 0 Å². The van der Waals surface area contributed by atoms with Crippen LogP contribution in [0.15, 0.2) is 24.3 Å². The van der Waals surface area contributed by atoms with Gasteiger partial charge in [-0.15, -0.1) is 10.2 Å². The molecular formula is C16H21N5O3S. The minimum atomic E-state index is -0.349. The number of urea groups is 1. The topological polar surface area (TPSA) is 105 Å². The van der Waals surface area contributed by atoms with Crippen molar-refractivity contribution in [3.8, 4) is 5.75 Å². The molecule has 8 nitrogen and oxygen atoms in total. The molecule has 0 bridgehead atoms. The normalized spacial score (nSPS) is 11.5. The number of methoxy groups -OCH3 is 1. The first kappa shape index (κ1) is 18.7. The molecule has 1 aromatic heterocycles. The van der Waals surface area contributed by atoms with Crippen molar-refractivity contribution in [3.05, 3.63) is 34.3 Å². The molecule has 0 fully saturated rings. The maximum absolute atomic E-state index is 12.2. The van der Waals surface area contributed by atoms with E-state index in [2.05, 4.69) is 26.1 Å². The maximum atomic E-state index is 12.2. The van der Waals surface area contributed by atoms with Crippen LogP contribution in [0.2, 0.25) is 0 Å². The zero-order valence-corrected chi connectivity index (χ0v) is 15.1. The summed E-state index contributed by atoms with van der Waals surface area (Å²) in [4.78, 5) is 23.8. The molecule has 0 radical (unpaired) electrons. The van der Waals surface area contributed by atoms with E-state index in [1.54, 1.807) is 31.4 Å². The van der Waals surface area contributed by atoms with E-state index in [0.717, 1.165) is 17.8 Å². The second kappa shape index (κ2) is 8.97. The summed E-state index contributed by atoms with van der Waals surface area (Å²) in [5.74, 6) is 0.357. The number of amides is 3. The summed E-state index contributed by atoms with van der Waals surface area (Å²) in [5, 5.41) is 16.8. The van der Waals surface area contributed by atoms with Crippen LogP contribution in [0.4, 0.5) is 10.5 Å². The Morgan fingerprint density at radius 2 is 1.96 bits per heavy atom. The van der Waals surface area contributed by atoms with Gasteiger partial charge in [0.15, 0.2) is 0 Å². The smallest absolute Gasteiger partial charge is 0.315 e. The minimum Gasteiger partial charge on any atom is -0.497 e. The molecule has 0 spiro atoms. The first-order chi connectivity index (χ1) is 12.0. The fourth-order valence-electron chi connectivity index (χ4n) is 1.81. The summed E-state index contributed by atoms with van der Waals surface area (Å²) in [7, 11) is 1.58. The predicted octanol–water partition coefficient (Wildman–Crippen LogP) is 2.40. The number of carbonyl (C=O) groups is 2. The van der Waals surface area contributed by atoms with E-state index in [9.17, 15) is 9.59 Å². The maximum Gasteiger partial charge on any atom is 0.315 e. The zero-order chi connectivity index (χ0) is 18.2. The molecule has 3 N–H and O–H groups in total. The lowest BCUT2D eigenvalue weighted by Gasteiger charge is -2.11. The third kappa shape index (κ3) is 5.71. The van der Waals surface area contributed by atoms with Gasteiger partial charge in [-0.3, -0.25) is 4.79 Å². The van der Waals surface area contributed by atoms with Crippen molar-refractivity contribution in [1.29, 1.82) is 0 Å². The van der Waals surface area contributed by atoms with Gasteiger partial charge in [0, 0.05) is 11.7 Å². The molecule has 0 aliphatic heterocycles. The van der Waals surface area contributed by atoms with Gasteiger partial charge in [0.25, 0.3) is 5.91 Å². The average Bonchev–Trinajstić information content (AvgIpc) is 3.09. The highest BCUT2D eigenvalue weighted by Gasteiger charge is 2.14. The summed E-state index contributed by atoms with van der Waals surface area (Å²) in [6.07, 6.45) is 0.849. The van der Waals surface area contributed by atoms with Gasteiger partial charge in [-0.05, 0) is 37.6 Å². The molecule has 25 heavy (non-hydrogen) atoms. The Hall–Kier alpha value is -2.68. The van der Waals surface area contributed by atoms with Crippen LogP contribution in [-0.4, -0.2) is 35.3 Å². The molecule has 1 heterocycles. The Balaban J connectivity index is 1.86. The van der Waals surface area contributed by atoms with E-state index in [4.69, 9.17) is 4.74 Å². The SMILES string of the molecule is CC[C@H](C)NC(=O)NCc1nnc(C(=O)Nc2ccc(OC)cc2)s1. The minimum absolute atomic E-state index is 0.0975. The molecule has 0 unspecified atom stereocenters. The molecule has 0 aliphatic rings. The lowest BCUT2D eigenvalue weighted by molar-refractivity contribution is 0.102. The second-order valence-electron chi connectivity index (χ2n) is 5.32. The van der Waals surface area contributed by atoms with E-state index >= 15 is 0 Å². The molecule has 2 rings (SSSR count). The zero-order valence-electron chi connectivity index (χ0n) is 14.3. The number of hydrogen-bond donors (Lipinski definition) is 3. The van der Waals surface area contributed by atoms with E-state index in [1.165, 1.54) is 0 Å². The number of hydrogen-bond acceptors (Lipinski definition) is 6. The number of aromatic nitrogens is 2. The average molecular weight is 363 g/mol. The number of nitrogens with one attached hydrogen (secondary N) is 3. The van der Waals surface area contributed by atoms with Crippen molar-refractivity contribution in [3.63, 3.8) is 0 Å². The molecule has 1 aromatic carbocycles. The monoisotopic (exact) mass is 363 g/mol. The van der Waals surface area contributed by atoms with Gasteiger partial charge in [-0.2, -0.15) is 0 Å². The third-order valence-electron chi connectivity index (χ3n) is 3.40. The number of anilines is 1. The summed E-state index contributed by atoms with van der Waals surface area (Å²) in [6, 6.07) is 6.80. The first-order valence-corrected chi connectivity index (χ1v) is 8.65. The quantitative estimate of drug-likeness (QED) is 0.700. The van der Waals surface area contributed by atoms with Crippen molar-refractivity contribution < 1.29 is 14.3 Å². The van der Waals surface area contributed by atoms with Crippen molar-refractivity contribution in [2.45, 2.75) is 32.9 Å². The molecule has 2 aromatic rings. The third-order valence-corrected chi connectivity index (χ3v) is 4.32. The van der Waals surface area contributed by atoms with Gasteiger partial charge in [0.05, 0.1) is 13.7 Å². The molecule has 1 atom stereocenters. The second-order valence-corrected chi connectivity index (χ2v) is 6.38. The van der Waals surface area contributed by atoms with Crippen LogP contribution in [0.3, 0.4) is 0 Å². The van der Waals surface area contributed by atoms with Crippen LogP contribution < -0.4 is 20.7 Å². The lowest BCUT2D eigenvalue weighted by Crippen LogP contribution is -2.40. The van der Waals surface area contributed by atoms with Crippen molar-refractivity contribution in [2.24, 2.45) is 0 Å². The van der Waals surface area contributed by atoms with Crippen LogP contribution in [0.5, 0.6) is 5.75 Å².